The van der Waals surface area contributed by atoms with E-state index in [1.54, 1.807) is 0 Å². The number of hydrogen-bond donors (Lipinski definition) is 0. The van der Waals surface area contributed by atoms with Crippen molar-refractivity contribution in [2.75, 3.05) is 19.3 Å². The monoisotopic (exact) mass is 310 g/mol. The fraction of sp³-hybridized carbons (Fsp3) is 0.875. The predicted molar refractivity (Wildman–Crippen MR) is 85.2 cm³/mol. The Labute approximate surface area is 131 Å². The number of hydrogen-bond acceptors (Lipinski definition) is 3. The molecule has 3 fully saturated rings. The topological polar surface area (TPSA) is 40.6 Å². The number of rotatable bonds is 2. The maximum Gasteiger partial charge on any atom is 0.245 e. The first kappa shape index (κ1) is 15.2. The van der Waals surface area contributed by atoms with E-state index in [1.807, 2.05) is 16.7 Å². The van der Waals surface area contributed by atoms with Crippen molar-refractivity contribution < 1.29 is 9.59 Å². The van der Waals surface area contributed by atoms with Crippen LogP contribution < -0.4 is 0 Å². The minimum Gasteiger partial charge on any atom is -0.337 e. The van der Waals surface area contributed by atoms with Gasteiger partial charge in [0.15, 0.2) is 0 Å². The van der Waals surface area contributed by atoms with Gasteiger partial charge in [-0.1, -0.05) is 0 Å². The molecule has 21 heavy (non-hydrogen) atoms. The van der Waals surface area contributed by atoms with Crippen LogP contribution in [0, 0.1) is 0 Å². The lowest BCUT2D eigenvalue weighted by molar-refractivity contribution is -0.144. The standard InChI is InChI=1S/C16H26N2O2S/c1-21-13-7-5-12(6-8-13)17-11-9-15(19)18-10-3-2-4-14(18)16(17)20/h12-14H,2-11H2,1H3. The van der Waals surface area contributed by atoms with Crippen LogP contribution in [-0.4, -0.2) is 58.3 Å². The molecular weight excluding hydrogens is 284 g/mol. The quantitative estimate of drug-likeness (QED) is 0.785. The van der Waals surface area contributed by atoms with Gasteiger partial charge in [0, 0.05) is 30.8 Å². The average molecular weight is 310 g/mol. The Bertz CT molecular complexity index is 407. The number of piperidine rings is 1. The largest absolute Gasteiger partial charge is 0.337 e. The Morgan fingerprint density at radius 1 is 0.952 bits per heavy atom. The van der Waals surface area contributed by atoms with Gasteiger partial charge in [-0.05, 0) is 51.2 Å². The molecule has 2 amide bonds. The molecular formula is C16H26N2O2S. The lowest BCUT2D eigenvalue weighted by Crippen LogP contribution is -2.52. The Morgan fingerprint density at radius 3 is 2.43 bits per heavy atom. The van der Waals surface area contributed by atoms with E-state index in [2.05, 4.69) is 11.2 Å². The maximum atomic E-state index is 12.9. The summed E-state index contributed by atoms with van der Waals surface area (Å²) < 4.78 is 0. The van der Waals surface area contributed by atoms with Crippen molar-refractivity contribution in [3.63, 3.8) is 0 Å². The molecule has 0 radical (unpaired) electrons. The van der Waals surface area contributed by atoms with Gasteiger partial charge in [-0.15, -0.1) is 0 Å². The highest BCUT2D eigenvalue weighted by atomic mass is 32.2. The third-order valence-corrected chi connectivity index (χ3v) is 6.51. The van der Waals surface area contributed by atoms with Crippen molar-refractivity contribution in [2.45, 2.75) is 68.7 Å². The molecule has 0 aromatic rings. The highest BCUT2D eigenvalue weighted by Crippen LogP contribution is 2.32. The van der Waals surface area contributed by atoms with Gasteiger partial charge < -0.3 is 9.80 Å². The summed E-state index contributed by atoms with van der Waals surface area (Å²) in [6.07, 6.45) is 10.3. The predicted octanol–water partition coefficient (Wildman–Crippen LogP) is 2.27. The molecule has 1 aliphatic carbocycles. The van der Waals surface area contributed by atoms with Crippen LogP contribution in [0.4, 0.5) is 0 Å². The molecule has 0 N–H and O–H groups in total. The van der Waals surface area contributed by atoms with Crippen molar-refractivity contribution in [1.29, 1.82) is 0 Å². The first-order chi connectivity index (χ1) is 10.2. The number of carbonyl (C=O) groups excluding carboxylic acids is 2. The van der Waals surface area contributed by atoms with E-state index in [-0.39, 0.29) is 17.9 Å². The molecule has 0 spiro atoms. The normalized spacial score (nSPS) is 34.6. The summed E-state index contributed by atoms with van der Waals surface area (Å²) in [6.45, 7) is 1.42. The van der Waals surface area contributed by atoms with Crippen molar-refractivity contribution in [3.8, 4) is 0 Å². The van der Waals surface area contributed by atoms with Gasteiger partial charge in [0.2, 0.25) is 11.8 Å². The highest BCUT2D eigenvalue weighted by Gasteiger charge is 2.40. The zero-order chi connectivity index (χ0) is 14.8. The maximum absolute atomic E-state index is 12.9. The van der Waals surface area contributed by atoms with Gasteiger partial charge in [-0.3, -0.25) is 9.59 Å². The van der Waals surface area contributed by atoms with Gasteiger partial charge in [0.1, 0.15) is 6.04 Å². The van der Waals surface area contributed by atoms with Gasteiger partial charge >= 0.3 is 0 Å². The molecule has 1 saturated carbocycles. The molecule has 118 valence electrons. The second kappa shape index (κ2) is 6.59. The Kier molecular flexibility index (Phi) is 4.77. The third kappa shape index (κ3) is 3.08. The van der Waals surface area contributed by atoms with E-state index in [0.29, 0.717) is 19.0 Å². The molecule has 1 unspecified atom stereocenters. The van der Waals surface area contributed by atoms with Crippen LogP contribution in [0.3, 0.4) is 0 Å². The molecule has 2 saturated heterocycles. The van der Waals surface area contributed by atoms with Gasteiger partial charge in [-0.2, -0.15) is 11.8 Å². The molecule has 5 heteroatoms. The van der Waals surface area contributed by atoms with Gasteiger partial charge in [0.25, 0.3) is 0 Å². The van der Waals surface area contributed by atoms with Gasteiger partial charge in [-0.25, -0.2) is 0 Å². The summed E-state index contributed by atoms with van der Waals surface area (Å²) in [6, 6.07) is 0.211. The zero-order valence-electron chi connectivity index (χ0n) is 12.9. The average Bonchev–Trinajstić information content (AvgIpc) is 2.66. The van der Waals surface area contributed by atoms with E-state index in [4.69, 9.17) is 0 Å². The van der Waals surface area contributed by atoms with Crippen LogP contribution in [0.25, 0.3) is 0 Å². The molecule has 2 heterocycles. The molecule has 3 aliphatic rings. The van der Waals surface area contributed by atoms with Crippen LogP contribution in [0.2, 0.25) is 0 Å². The minimum atomic E-state index is -0.160. The summed E-state index contributed by atoms with van der Waals surface area (Å²) in [7, 11) is 0. The molecule has 1 atom stereocenters. The van der Waals surface area contributed by atoms with E-state index in [0.717, 1.165) is 43.9 Å². The van der Waals surface area contributed by atoms with E-state index >= 15 is 0 Å². The lowest BCUT2D eigenvalue weighted by atomic mass is 9.92. The Hall–Kier alpha value is -0.710. The van der Waals surface area contributed by atoms with Crippen LogP contribution in [0.1, 0.15) is 51.4 Å². The SMILES string of the molecule is CSC1CCC(N2CCC(=O)N3CCCCC3C2=O)CC1. The first-order valence-corrected chi connectivity index (χ1v) is 9.62. The molecule has 4 nitrogen and oxygen atoms in total. The van der Waals surface area contributed by atoms with Crippen LogP contribution >= 0.6 is 11.8 Å². The van der Waals surface area contributed by atoms with Crippen LogP contribution in [0.15, 0.2) is 0 Å². The summed E-state index contributed by atoms with van der Waals surface area (Å²) in [4.78, 5) is 29.1. The first-order valence-electron chi connectivity index (χ1n) is 8.33. The lowest BCUT2D eigenvalue weighted by Gasteiger charge is -2.39. The number of fused-ring (bicyclic) bond motifs is 1. The number of thioether (sulfide) groups is 1. The van der Waals surface area contributed by atoms with E-state index in [9.17, 15) is 9.59 Å². The summed E-state index contributed by atoms with van der Waals surface area (Å²) >= 11 is 1.95. The summed E-state index contributed by atoms with van der Waals surface area (Å²) in [5.74, 6) is 0.418. The van der Waals surface area contributed by atoms with E-state index in [1.165, 1.54) is 12.8 Å². The van der Waals surface area contributed by atoms with E-state index < -0.39 is 0 Å². The Balaban J connectivity index is 1.71. The zero-order valence-corrected chi connectivity index (χ0v) is 13.7. The third-order valence-electron chi connectivity index (χ3n) is 5.38. The number of amides is 2. The second-order valence-corrected chi connectivity index (χ2v) is 7.68. The molecule has 3 rings (SSSR count). The van der Waals surface area contributed by atoms with Crippen molar-refractivity contribution in [1.82, 2.24) is 9.80 Å². The van der Waals surface area contributed by atoms with Gasteiger partial charge in [0.05, 0.1) is 0 Å². The molecule has 2 aliphatic heterocycles. The summed E-state index contributed by atoms with van der Waals surface area (Å²) in [5, 5.41) is 0.760. The minimum absolute atomic E-state index is 0.160. The fourth-order valence-corrected chi connectivity index (χ4v) is 4.85. The smallest absolute Gasteiger partial charge is 0.245 e. The highest BCUT2D eigenvalue weighted by molar-refractivity contribution is 7.99. The molecule has 0 bridgehead atoms. The fourth-order valence-electron chi connectivity index (χ4n) is 4.10. The second-order valence-electron chi connectivity index (χ2n) is 6.55. The number of carbonyl (C=O) groups is 2. The molecule has 0 aromatic heterocycles. The van der Waals surface area contributed by atoms with Crippen LogP contribution in [0.5, 0.6) is 0 Å². The van der Waals surface area contributed by atoms with Crippen molar-refractivity contribution >= 4 is 23.6 Å². The van der Waals surface area contributed by atoms with Crippen molar-refractivity contribution in [3.05, 3.63) is 0 Å². The van der Waals surface area contributed by atoms with Crippen LogP contribution in [-0.2, 0) is 9.59 Å². The van der Waals surface area contributed by atoms with Crippen molar-refractivity contribution in [2.24, 2.45) is 0 Å². The summed E-state index contributed by atoms with van der Waals surface area (Å²) in [5.41, 5.74) is 0. The Morgan fingerprint density at radius 2 is 1.71 bits per heavy atom. The molecule has 0 aromatic carbocycles. The number of nitrogens with zero attached hydrogens (tertiary/aromatic N) is 2.